The predicted molar refractivity (Wildman–Crippen MR) is 68.1 cm³/mol. The molecule has 0 aliphatic carbocycles. The first-order valence-corrected chi connectivity index (χ1v) is 5.87. The predicted octanol–water partition coefficient (Wildman–Crippen LogP) is 3.07. The van der Waals surface area contributed by atoms with Gasteiger partial charge in [-0.05, 0) is 43.5 Å². The summed E-state index contributed by atoms with van der Waals surface area (Å²) >= 11 is 6.03. The van der Waals surface area contributed by atoms with Gasteiger partial charge in [0.1, 0.15) is 0 Å². The van der Waals surface area contributed by atoms with Crippen LogP contribution in [0.5, 0.6) is 0 Å². The fourth-order valence-electron chi connectivity index (χ4n) is 2.19. The van der Waals surface area contributed by atoms with Crippen LogP contribution < -0.4 is 0 Å². The van der Waals surface area contributed by atoms with Crippen LogP contribution in [0.15, 0.2) is 18.2 Å². The Balaban J connectivity index is 2.61. The van der Waals surface area contributed by atoms with E-state index >= 15 is 0 Å². The molecule has 0 amide bonds. The van der Waals surface area contributed by atoms with Crippen molar-refractivity contribution in [1.29, 1.82) is 0 Å². The van der Waals surface area contributed by atoms with Crippen molar-refractivity contribution in [2.75, 3.05) is 6.61 Å². The first-order valence-electron chi connectivity index (χ1n) is 5.49. The van der Waals surface area contributed by atoms with Crippen molar-refractivity contribution in [3.8, 4) is 0 Å². The molecule has 0 saturated heterocycles. The van der Waals surface area contributed by atoms with Crippen molar-refractivity contribution in [3.63, 3.8) is 0 Å². The third kappa shape index (κ3) is 1.83. The molecule has 2 nitrogen and oxygen atoms in total. The van der Waals surface area contributed by atoms with E-state index in [-0.39, 0.29) is 6.61 Å². The van der Waals surface area contributed by atoms with Crippen LogP contribution in [0.4, 0.5) is 0 Å². The molecule has 2 aromatic rings. The van der Waals surface area contributed by atoms with Crippen LogP contribution >= 0.6 is 11.6 Å². The van der Waals surface area contributed by atoms with Crippen LogP contribution in [0, 0.1) is 6.92 Å². The average Bonchev–Trinajstić information content (AvgIpc) is 2.50. The molecular weight excluding hydrogens is 222 g/mol. The highest BCUT2D eigenvalue weighted by atomic mass is 35.5. The molecule has 0 fully saturated rings. The first kappa shape index (κ1) is 11.5. The Morgan fingerprint density at radius 3 is 2.81 bits per heavy atom. The number of rotatable bonds is 3. The maximum atomic E-state index is 8.92. The molecule has 16 heavy (non-hydrogen) atoms. The van der Waals surface area contributed by atoms with E-state index in [0.717, 1.165) is 17.9 Å². The lowest BCUT2D eigenvalue weighted by Crippen LogP contribution is -1.94. The van der Waals surface area contributed by atoms with Crippen molar-refractivity contribution < 1.29 is 5.11 Å². The summed E-state index contributed by atoms with van der Waals surface area (Å²) in [6.45, 7) is 2.34. The minimum Gasteiger partial charge on any atom is -0.396 e. The molecule has 0 spiro atoms. The summed E-state index contributed by atoms with van der Waals surface area (Å²) in [6, 6.07) is 5.98. The quantitative estimate of drug-likeness (QED) is 0.872. The number of nitrogens with zero attached hydrogens (tertiary/aromatic N) is 1. The standard InChI is InChI=1S/C13H16ClNO/c1-9-11(4-3-7-16)12-8-10(14)5-6-13(12)15(9)2/h5-6,8,16H,3-4,7H2,1-2H3. The van der Waals surface area contributed by atoms with Crippen LogP contribution in [-0.2, 0) is 13.5 Å². The minimum absolute atomic E-state index is 0.233. The second kappa shape index (κ2) is 4.48. The Bertz CT molecular complexity index is 516. The second-order valence-corrected chi connectivity index (χ2v) is 4.55. The van der Waals surface area contributed by atoms with E-state index in [2.05, 4.69) is 18.5 Å². The third-order valence-corrected chi connectivity index (χ3v) is 3.40. The van der Waals surface area contributed by atoms with Crippen LogP contribution in [-0.4, -0.2) is 16.3 Å². The summed E-state index contributed by atoms with van der Waals surface area (Å²) in [5.41, 5.74) is 3.76. The maximum Gasteiger partial charge on any atom is 0.0483 e. The normalized spacial score (nSPS) is 11.2. The number of aliphatic hydroxyl groups excluding tert-OH is 1. The summed E-state index contributed by atoms with van der Waals surface area (Å²) in [6.07, 6.45) is 1.70. The van der Waals surface area contributed by atoms with Gasteiger partial charge in [-0.25, -0.2) is 0 Å². The largest absolute Gasteiger partial charge is 0.396 e. The van der Waals surface area contributed by atoms with Crippen LogP contribution in [0.3, 0.4) is 0 Å². The molecule has 1 aromatic carbocycles. The lowest BCUT2D eigenvalue weighted by molar-refractivity contribution is 0.288. The number of hydrogen-bond donors (Lipinski definition) is 1. The van der Waals surface area contributed by atoms with Crippen molar-refractivity contribution >= 4 is 22.5 Å². The zero-order valence-corrected chi connectivity index (χ0v) is 10.4. The van der Waals surface area contributed by atoms with Gasteiger partial charge in [-0.3, -0.25) is 0 Å². The zero-order chi connectivity index (χ0) is 11.7. The van der Waals surface area contributed by atoms with E-state index in [1.54, 1.807) is 0 Å². The Morgan fingerprint density at radius 2 is 2.12 bits per heavy atom. The molecule has 0 radical (unpaired) electrons. The molecular formula is C13H16ClNO. The monoisotopic (exact) mass is 237 g/mol. The molecule has 0 atom stereocenters. The Morgan fingerprint density at radius 1 is 1.38 bits per heavy atom. The van der Waals surface area contributed by atoms with Gasteiger partial charge in [-0.15, -0.1) is 0 Å². The Labute approximate surface area is 100 Å². The maximum absolute atomic E-state index is 8.92. The van der Waals surface area contributed by atoms with Crippen LogP contribution in [0.1, 0.15) is 17.7 Å². The minimum atomic E-state index is 0.233. The highest BCUT2D eigenvalue weighted by molar-refractivity contribution is 6.31. The van der Waals surface area contributed by atoms with Gasteiger partial charge in [0.05, 0.1) is 0 Å². The molecule has 1 heterocycles. The lowest BCUT2D eigenvalue weighted by atomic mass is 10.1. The summed E-state index contributed by atoms with van der Waals surface area (Å²) in [5, 5.41) is 10.9. The second-order valence-electron chi connectivity index (χ2n) is 4.11. The lowest BCUT2D eigenvalue weighted by Gasteiger charge is -2.00. The molecule has 1 aromatic heterocycles. The highest BCUT2D eigenvalue weighted by Gasteiger charge is 2.11. The summed E-state index contributed by atoms with van der Waals surface area (Å²) < 4.78 is 2.18. The van der Waals surface area contributed by atoms with Crippen LogP contribution in [0.25, 0.3) is 10.9 Å². The zero-order valence-electron chi connectivity index (χ0n) is 9.63. The number of aryl methyl sites for hydroxylation is 2. The van der Waals surface area contributed by atoms with E-state index in [9.17, 15) is 0 Å². The fourth-order valence-corrected chi connectivity index (χ4v) is 2.36. The highest BCUT2D eigenvalue weighted by Crippen LogP contribution is 2.28. The van der Waals surface area contributed by atoms with E-state index in [0.29, 0.717) is 0 Å². The number of hydrogen-bond acceptors (Lipinski definition) is 1. The summed E-state index contributed by atoms with van der Waals surface area (Å²) in [5.74, 6) is 0. The smallest absolute Gasteiger partial charge is 0.0483 e. The number of aliphatic hydroxyl groups is 1. The van der Waals surface area contributed by atoms with Crippen molar-refractivity contribution in [2.45, 2.75) is 19.8 Å². The van der Waals surface area contributed by atoms with Gasteiger partial charge in [0.15, 0.2) is 0 Å². The van der Waals surface area contributed by atoms with Gasteiger partial charge in [-0.1, -0.05) is 11.6 Å². The Hall–Kier alpha value is -0.990. The van der Waals surface area contributed by atoms with Crippen LogP contribution in [0.2, 0.25) is 5.02 Å². The molecule has 0 unspecified atom stereocenters. The van der Waals surface area contributed by atoms with Gasteiger partial charge < -0.3 is 9.67 Å². The molecule has 0 aliphatic rings. The topological polar surface area (TPSA) is 25.2 Å². The number of aromatic nitrogens is 1. The van der Waals surface area contributed by atoms with E-state index in [4.69, 9.17) is 16.7 Å². The summed E-state index contributed by atoms with van der Waals surface area (Å²) in [7, 11) is 2.06. The van der Waals surface area contributed by atoms with Crippen molar-refractivity contribution in [1.82, 2.24) is 4.57 Å². The van der Waals surface area contributed by atoms with E-state index in [1.165, 1.54) is 22.2 Å². The number of fused-ring (bicyclic) bond motifs is 1. The van der Waals surface area contributed by atoms with Gasteiger partial charge in [0.25, 0.3) is 0 Å². The molecule has 2 rings (SSSR count). The van der Waals surface area contributed by atoms with Gasteiger partial charge in [0.2, 0.25) is 0 Å². The molecule has 0 saturated carbocycles. The molecule has 0 aliphatic heterocycles. The molecule has 3 heteroatoms. The SMILES string of the molecule is Cc1c(CCCO)c2cc(Cl)ccc2n1C. The number of benzene rings is 1. The molecule has 0 bridgehead atoms. The Kier molecular flexibility index (Phi) is 3.22. The van der Waals surface area contributed by atoms with Gasteiger partial charge in [0, 0.05) is 35.3 Å². The van der Waals surface area contributed by atoms with Crippen molar-refractivity contribution in [3.05, 3.63) is 34.5 Å². The van der Waals surface area contributed by atoms with Crippen molar-refractivity contribution in [2.24, 2.45) is 7.05 Å². The number of halogens is 1. The average molecular weight is 238 g/mol. The molecule has 1 N–H and O–H groups in total. The first-order chi connectivity index (χ1) is 7.65. The van der Waals surface area contributed by atoms with E-state index in [1.807, 2.05) is 18.2 Å². The third-order valence-electron chi connectivity index (χ3n) is 3.17. The van der Waals surface area contributed by atoms with Gasteiger partial charge >= 0.3 is 0 Å². The van der Waals surface area contributed by atoms with E-state index < -0.39 is 0 Å². The molecule has 86 valence electrons. The summed E-state index contributed by atoms with van der Waals surface area (Å²) in [4.78, 5) is 0. The fraction of sp³-hybridized carbons (Fsp3) is 0.385. The van der Waals surface area contributed by atoms with Gasteiger partial charge in [-0.2, -0.15) is 0 Å².